The lowest BCUT2D eigenvalue weighted by molar-refractivity contribution is -0.129. The van der Waals surface area contributed by atoms with E-state index in [1.165, 1.54) is 24.7 Å². The number of nitrogens with zero attached hydrogens (tertiary/aromatic N) is 2. The number of hydrogen-bond donors (Lipinski definition) is 2. The zero-order valence-corrected chi connectivity index (χ0v) is 12.3. The van der Waals surface area contributed by atoms with Crippen LogP contribution >= 0.6 is 0 Å². The Labute approximate surface area is 122 Å². The largest absolute Gasteiger partial charge is 0.464 e. The molecule has 1 amide bonds. The van der Waals surface area contributed by atoms with Crippen molar-refractivity contribution in [2.75, 3.05) is 20.2 Å². The molecule has 1 aromatic heterocycles. The van der Waals surface area contributed by atoms with Crippen LogP contribution in [0.25, 0.3) is 0 Å². The highest BCUT2D eigenvalue weighted by Crippen LogP contribution is 2.15. The monoisotopic (exact) mass is 313 g/mol. The number of sulfonamides is 1. The van der Waals surface area contributed by atoms with Crippen LogP contribution in [-0.2, 0) is 14.8 Å². The van der Waals surface area contributed by atoms with Crippen molar-refractivity contribution in [1.82, 2.24) is 14.8 Å². The summed E-state index contributed by atoms with van der Waals surface area (Å²) in [6, 6.07) is 2.70. The van der Waals surface area contributed by atoms with Crippen molar-refractivity contribution in [1.29, 1.82) is 0 Å². The quantitative estimate of drug-likeness (QED) is 0.420. The van der Waals surface area contributed by atoms with Gasteiger partial charge in [-0.1, -0.05) is 5.92 Å². The number of aromatic nitrogens is 1. The first kappa shape index (κ1) is 16.9. The molecule has 0 unspecified atom stereocenters. The van der Waals surface area contributed by atoms with Crippen LogP contribution in [0.15, 0.2) is 23.2 Å². The van der Waals surface area contributed by atoms with E-state index in [9.17, 15) is 13.2 Å². The second-order valence-electron chi connectivity index (χ2n) is 3.84. The fraction of sp³-hybridized carbons (Fsp3) is 0.333. The predicted octanol–water partition coefficient (Wildman–Crippen LogP) is -0.390. The summed E-state index contributed by atoms with van der Waals surface area (Å²) in [4.78, 5) is 14.7. The van der Waals surface area contributed by atoms with Crippen LogP contribution < -0.4 is 10.2 Å². The normalized spacial score (nSPS) is 10.7. The van der Waals surface area contributed by atoms with Crippen molar-refractivity contribution in [3.63, 3.8) is 0 Å². The molecule has 21 heavy (non-hydrogen) atoms. The Bertz CT molecular complexity index is 646. The summed E-state index contributed by atoms with van der Waals surface area (Å²) in [5, 5.41) is 8.40. The Morgan fingerprint density at radius 1 is 1.52 bits per heavy atom. The minimum absolute atomic E-state index is 0.0929. The summed E-state index contributed by atoms with van der Waals surface area (Å²) in [6.45, 7) is 1.32. The van der Waals surface area contributed by atoms with E-state index in [0.717, 1.165) is 10.5 Å². The molecule has 0 aliphatic carbocycles. The fourth-order valence-corrected chi connectivity index (χ4v) is 2.36. The van der Waals surface area contributed by atoms with Crippen molar-refractivity contribution in [3.05, 3.63) is 18.3 Å². The highest BCUT2D eigenvalue weighted by atomic mass is 32.2. The van der Waals surface area contributed by atoms with Gasteiger partial charge in [0.25, 0.3) is 5.91 Å². The first-order valence-corrected chi connectivity index (χ1v) is 7.23. The summed E-state index contributed by atoms with van der Waals surface area (Å²) in [5.74, 6) is 4.73. The molecule has 0 bridgehead atoms. The Morgan fingerprint density at radius 3 is 2.76 bits per heavy atom. The smallest absolute Gasteiger partial charge is 0.258 e. The maximum Gasteiger partial charge on any atom is 0.258 e. The van der Waals surface area contributed by atoms with E-state index in [0.29, 0.717) is 0 Å². The summed E-state index contributed by atoms with van der Waals surface area (Å²) >= 11 is 0. The summed E-state index contributed by atoms with van der Waals surface area (Å²) < 4.78 is 30.2. The van der Waals surface area contributed by atoms with E-state index in [2.05, 4.69) is 16.8 Å². The van der Waals surface area contributed by atoms with Gasteiger partial charge in [0.1, 0.15) is 4.90 Å². The molecule has 8 nitrogen and oxygen atoms in total. The Kier molecular flexibility index (Phi) is 6.10. The Balaban J connectivity index is 2.83. The van der Waals surface area contributed by atoms with E-state index in [4.69, 9.17) is 9.94 Å². The first-order chi connectivity index (χ1) is 9.91. The van der Waals surface area contributed by atoms with Crippen LogP contribution in [0.5, 0.6) is 5.88 Å². The fourth-order valence-electron chi connectivity index (χ4n) is 1.29. The van der Waals surface area contributed by atoms with Crippen molar-refractivity contribution in [2.24, 2.45) is 0 Å². The molecule has 0 aromatic carbocycles. The minimum Gasteiger partial charge on any atom is -0.464 e. The lowest BCUT2D eigenvalue weighted by atomic mass is 10.5. The van der Waals surface area contributed by atoms with Gasteiger partial charge in [0.2, 0.25) is 15.9 Å². The van der Waals surface area contributed by atoms with E-state index in [-0.39, 0.29) is 17.4 Å². The van der Waals surface area contributed by atoms with E-state index in [1.54, 1.807) is 6.92 Å². The molecular formula is C12H15N3O5S. The molecule has 114 valence electrons. The van der Waals surface area contributed by atoms with Gasteiger partial charge in [0.15, 0.2) is 6.61 Å². The highest BCUT2D eigenvalue weighted by molar-refractivity contribution is 7.89. The molecule has 0 saturated carbocycles. The second kappa shape index (κ2) is 7.58. The molecule has 0 saturated heterocycles. The van der Waals surface area contributed by atoms with Crippen LogP contribution in [0.4, 0.5) is 0 Å². The van der Waals surface area contributed by atoms with Crippen molar-refractivity contribution in [2.45, 2.75) is 11.8 Å². The van der Waals surface area contributed by atoms with Crippen molar-refractivity contribution in [3.8, 4) is 17.7 Å². The van der Waals surface area contributed by atoms with Gasteiger partial charge in [-0.25, -0.2) is 18.9 Å². The van der Waals surface area contributed by atoms with Crippen LogP contribution in [0.1, 0.15) is 6.92 Å². The Hall–Kier alpha value is -2.15. The molecule has 0 fully saturated rings. The molecule has 0 atom stereocenters. The van der Waals surface area contributed by atoms with Gasteiger partial charge in [-0.2, -0.15) is 4.31 Å². The maximum absolute atomic E-state index is 12.1. The average molecular weight is 313 g/mol. The topological polar surface area (TPSA) is 109 Å². The predicted molar refractivity (Wildman–Crippen MR) is 72.9 cm³/mol. The van der Waals surface area contributed by atoms with Crippen molar-refractivity contribution >= 4 is 15.9 Å². The molecule has 1 aromatic rings. The highest BCUT2D eigenvalue weighted by Gasteiger charge is 2.23. The van der Waals surface area contributed by atoms with Crippen LogP contribution in [-0.4, -0.2) is 49.0 Å². The zero-order chi connectivity index (χ0) is 15.9. The number of rotatable bonds is 6. The van der Waals surface area contributed by atoms with Gasteiger partial charge in [-0.3, -0.25) is 10.0 Å². The summed E-state index contributed by atoms with van der Waals surface area (Å²) in [5.41, 5.74) is 1.36. The van der Waals surface area contributed by atoms with E-state index >= 15 is 0 Å². The lowest BCUT2D eigenvalue weighted by Gasteiger charge is -2.15. The number of hydroxylamine groups is 1. The number of carbonyl (C=O) groups excluding carboxylic acids is 1. The number of ether oxygens (including phenoxy) is 1. The number of hydrogen-bond acceptors (Lipinski definition) is 6. The van der Waals surface area contributed by atoms with Gasteiger partial charge >= 0.3 is 0 Å². The molecule has 0 aliphatic heterocycles. The third-order valence-electron chi connectivity index (χ3n) is 2.38. The molecule has 0 radical (unpaired) electrons. The lowest BCUT2D eigenvalue weighted by Crippen LogP contribution is -2.37. The maximum atomic E-state index is 12.1. The van der Waals surface area contributed by atoms with Crippen LogP contribution in [0, 0.1) is 11.8 Å². The van der Waals surface area contributed by atoms with Gasteiger partial charge < -0.3 is 4.74 Å². The number of nitrogens with one attached hydrogen (secondary N) is 1. The molecule has 1 rings (SSSR count). The van der Waals surface area contributed by atoms with E-state index < -0.39 is 22.5 Å². The molecule has 1 heterocycles. The van der Waals surface area contributed by atoms with Crippen LogP contribution in [0.2, 0.25) is 0 Å². The number of amides is 1. The first-order valence-electron chi connectivity index (χ1n) is 5.79. The van der Waals surface area contributed by atoms with E-state index in [1.807, 2.05) is 0 Å². The van der Waals surface area contributed by atoms with Gasteiger partial charge in [-0.15, -0.1) is 5.92 Å². The Morgan fingerprint density at radius 2 is 2.24 bits per heavy atom. The zero-order valence-electron chi connectivity index (χ0n) is 11.5. The molecule has 0 aliphatic rings. The van der Waals surface area contributed by atoms with Gasteiger partial charge in [0.05, 0.1) is 12.7 Å². The number of pyridine rings is 1. The van der Waals surface area contributed by atoms with Crippen LogP contribution in [0.3, 0.4) is 0 Å². The molecule has 9 heteroatoms. The third-order valence-corrected chi connectivity index (χ3v) is 4.16. The molecular weight excluding hydrogens is 298 g/mol. The number of likely N-dealkylation sites (N-methyl/N-ethyl adjacent to an activating group) is 1. The summed E-state index contributed by atoms with van der Waals surface area (Å²) in [6.07, 6.45) is 1.12. The van der Waals surface area contributed by atoms with Crippen molar-refractivity contribution < 1.29 is 23.2 Å². The molecule has 2 N–H and O–H groups in total. The molecule has 0 spiro atoms. The summed E-state index contributed by atoms with van der Waals surface area (Å²) in [7, 11) is -2.66. The third kappa shape index (κ3) is 4.71. The van der Waals surface area contributed by atoms with Gasteiger partial charge in [-0.05, 0) is 13.0 Å². The second-order valence-corrected chi connectivity index (χ2v) is 5.89. The van der Waals surface area contributed by atoms with Gasteiger partial charge in [0, 0.05) is 13.1 Å². The average Bonchev–Trinajstić information content (AvgIpc) is 2.47. The SMILES string of the molecule is CC#CCOc1ccc(S(=O)(=O)N(C)CC(=O)NO)cn1. The minimum atomic E-state index is -3.87. The standard InChI is InChI=1S/C12H15N3O5S/c1-3-4-7-20-12-6-5-10(8-13-12)21(18,19)15(2)9-11(16)14-17/h5-6,8,17H,7,9H2,1-2H3,(H,14,16). The number of carbonyl (C=O) groups is 1.